The van der Waals surface area contributed by atoms with Gasteiger partial charge in [0, 0.05) is 38.3 Å². The summed E-state index contributed by atoms with van der Waals surface area (Å²) >= 11 is 3.20. The highest BCUT2D eigenvalue weighted by atomic mass is 79.9. The highest BCUT2D eigenvalue weighted by Crippen LogP contribution is 2.19. The van der Waals surface area contributed by atoms with Crippen LogP contribution in [0.15, 0.2) is 22.7 Å². The molecule has 1 heterocycles. The van der Waals surface area contributed by atoms with Crippen LogP contribution in [0.25, 0.3) is 0 Å². The minimum atomic E-state index is -0.129. The molecule has 1 aromatic rings. The topological polar surface area (TPSA) is 15.3 Å². The second-order valence-corrected chi connectivity index (χ2v) is 4.59. The molecule has 4 heteroatoms. The van der Waals surface area contributed by atoms with Crippen molar-refractivity contribution in [1.29, 1.82) is 0 Å². The van der Waals surface area contributed by atoms with Crippen molar-refractivity contribution in [2.75, 3.05) is 26.2 Å². The van der Waals surface area contributed by atoms with Crippen LogP contribution in [0.4, 0.5) is 4.39 Å². The van der Waals surface area contributed by atoms with Gasteiger partial charge in [-0.2, -0.15) is 0 Å². The van der Waals surface area contributed by atoms with Crippen molar-refractivity contribution in [1.82, 2.24) is 10.2 Å². The van der Waals surface area contributed by atoms with Gasteiger partial charge in [-0.3, -0.25) is 4.90 Å². The van der Waals surface area contributed by atoms with Crippen molar-refractivity contribution < 1.29 is 4.39 Å². The first kappa shape index (κ1) is 11.0. The standard InChI is InChI=1S/C11H14BrFN2/c12-10-3-1-2-9(11(10)13)8-15-6-4-14-5-7-15/h1-3,14H,4-8H2. The number of piperazine rings is 1. The van der Waals surface area contributed by atoms with Crippen LogP contribution in [0.3, 0.4) is 0 Å². The zero-order valence-electron chi connectivity index (χ0n) is 8.47. The maximum absolute atomic E-state index is 13.7. The number of rotatable bonds is 2. The quantitative estimate of drug-likeness (QED) is 0.886. The molecule has 0 radical (unpaired) electrons. The summed E-state index contributed by atoms with van der Waals surface area (Å²) in [6.45, 7) is 4.68. The SMILES string of the molecule is Fc1c(Br)cccc1CN1CCNCC1. The molecule has 15 heavy (non-hydrogen) atoms. The van der Waals surface area contributed by atoms with E-state index < -0.39 is 0 Å². The summed E-state index contributed by atoms with van der Waals surface area (Å²) in [4.78, 5) is 2.27. The Balaban J connectivity index is 2.06. The van der Waals surface area contributed by atoms with Gasteiger partial charge in [-0.25, -0.2) is 4.39 Å². The lowest BCUT2D eigenvalue weighted by Crippen LogP contribution is -2.43. The highest BCUT2D eigenvalue weighted by molar-refractivity contribution is 9.10. The summed E-state index contributed by atoms with van der Waals surface area (Å²) in [5.41, 5.74) is 0.770. The van der Waals surface area contributed by atoms with Gasteiger partial charge < -0.3 is 5.32 Å². The first-order valence-electron chi connectivity index (χ1n) is 5.13. The molecule has 1 aliphatic heterocycles. The third-order valence-electron chi connectivity index (χ3n) is 2.64. The van der Waals surface area contributed by atoms with Crippen molar-refractivity contribution in [2.24, 2.45) is 0 Å². The van der Waals surface area contributed by atoms with E-state index in [1.807, 2.05) is 12.1 Å². The third kappa shape index (κ3) is 2.77. The molecule has 2 nitrogen and oxygen atoms in total. The van der Waals surface area contributed by atoms with Crippen molar-refractivity contribution in [3.63, 3.8) is 0 Å². The Kier molecular flexibility index (Phi) is 3.72. The van der Waals surface area contributed by atoms with E-state index in [1.165, 1.54) is 0 Å². The molecule has 0 unspecified atom stereocenters. The van der Waals surface area contributed by atoms with Gasteiger partial charge in [-0.15, -0.1) is 0 Å². The van der Waals surface area contributed by atoms with Gasteiger partial charge in [0.1, 0.15) is 5.82 Å². The summed E-state index contributed by atoms with van der Waals surface area (Å²) in [5, 5.41) is 3.28. The summed E-state index contributed by atoms with van der Waals surface area (Å²) in [5.74, 6) is -0.129. The average molecular weight is 273 g/mol. The smallest absolute Gasteiger partial charge is 0.141 e. The van der Waals surface area contributed by atoms with E-state index in [0.29, 0.717) is 11.0 Å². The fourth-order valence-corrected chi connectivity index (χ4v) is 2.19. The van der Waals surface area contributed by atoms with Crippen LogP contribution in [0.2, 0.25) is 0 Å². The maximum Gasteiger partial charge on any atom is 0.141 e. The summed E-state index contributed by atoms with van der Waals surface area (Å²) in [7, 11) is 0. The van der Waals surface area contributed by atoms with Gasteiger partial charge in [0.25, 0.3) is 0 Å². The van der Waals surface area contributed by atoms with Gasteiger partial charge in [-0.05, 0) is 22.0 Å². The Bertz CT molecular complexity index is 337. The van der Waals surface area contributed by atoms with Gasteiger partial charge in [-0.1, -0.05) is 12.1 Å². The molecular weight excluding hydrogens is 259 g/mol. The Morgan fingerprint density at radius 1 is 1.33 bits per heavy atom. The zero-order chi connectivity index (χ0) is 10.7. The van der Waals surface area contributed by atoms with Crippen molar-refractivity contribution in [3.05, 3.63) is 34.1 Å². The monoisotopic (exact) mass is 272 g/mol. The normalized spacial score (nSPS) is 18.0. The van der Waals surface area contributed by atoms with E-state index in [4.69, 9.17) is 0 Å². The molecule has 1 fully saturated rings. The number of benzene rings is 1. The number of hydrogen-bond donors (Lipinski definition) is 1. The van der Waals surface area contributed by atoms with Crippen molar-refractivity contribution >= 4 is 15.9 Å². The first-order valence-corrected chi connectivity index (χ1v) is 5.92. The highest BCUT2D eigenvalue weighted by Gasteiger charge is 2.13. The molecule has 1 saturated heterocycles. The van der Waals surface area contributed by atoms with E-state index in [2.05, 4.69) is 26.1 Å². The van der Waals surface area contributed by atoms with Crippen LogP contribution in [0, 0.1) is 5.82 Å². The van der Waals surface area contributed by atoms with Gasteiger partial charge in [0.05, 0.1) is 4.47 Å². The lowest BCUT2D eigenvalue weighted by molar-refractivity contribution is 0.230. The van der Waals surface area contributed by atoms with E-state index in [9.17, 15) is 4.39 Å². The van der Waals surface area contributed by atoms with Gasteiger partial charge in [0.2, 0.25) is 0 Å². The molecule has 2 rings (SSSR count). The Morgan fingerprint density at radius 3 is 2.80 bits per heavy atom. The largest absolute Gasteiger partial charge is 0.314 e. The first-order chi connectivity index (χ1) is 7.27. The maximum atomic E-state index is 13.7. The second-order valence-electron chi connectivity index (χ2n) is 3.74. The van der Waals surface area contributed by atoms with Crippen LogP contribution >= 0.6 is 15.9 Å². The zero-order valence-corrected chi connectivity index (χ0v) is 10.1. The molecule has 1 aliphatic rings. The molecule has 0 atom stereocenters. The number of hydrogen-bond acceptors (Lipinski definition) is 2. The van der Waals surface area contributed by atoms with Crippen LogP contribution in [-0.2, 0) is 6.54 Å². The Labute approximate surface area is 97.6 Å². The fraction of sp³-hybridized carbons (Fsp3) is 0.455. The predicted molar refractivity (Wildman–Crippen MR) is 62.2 cm³/mol. The molecular formula is C11H14BrFN2. The fourth-order valence-electron chi connectivity index (χ4n) is 1.78. The molecule has 0 bridgehead atoms. The van der Waals surface area contributed by atoms with Crippen LogP contribution < -0.4 is 5.32 Å². The van der Waals surface area contributed by atoms with E-state index in [-0.39, 0.29) is 5.82 Å². The van der Waals surface area contributed by atoms with E-state index in [0.717, 1.165) is 31.7 Å². The van der Waals surface area contributed by atoms with E-state index >= 15 is 0 Å². The minimum Gasteiger partial charge on any atom is -0.314 e. The number of halogens is 2. The summed E-state index contributed by atoms with van der Waals surface area (Å²) in [6.07, 6.45) is 0. The summed E-state index contributed by atoms with van der Waals surface area (Å²) in [6, 6.07) is 5.46. The second kappa shape index (κ2) is 5.05. The molecule has 1 aromatic carbocycles. The van der Waals surface area contributed by atoms with Crippen LogP contribution in [0.1, 0.15) is 5.56 Å². The van der Waals surface area contributed by atoms with Gasteiger partial charge in [0.15, 0.2) is 0 Å². The molecule has 0 aromatic heterocycles. The van der Waals surface area contributed by atoms with E-state index in [1.54, 1.807) is 6.07 Å². The minimum absolute atomic E-state index is 0.129. The van der Waals surface area contributed by atoms with Crippen molar-refractivity contribution in [3.8, 4) is 0 Å². The summed E-state index contributed by atoms with van der Waals surface area (Å²) < 4.78 is 14.2. The molecule has 0 amide bonds. The lowest BCUT2D eigenvalue weighted by Gasteiger charge is -2.27. The lowest BCUT2D eigenvalue weighted by atomic mass is 10.2. The van der Waals surface area contributed by atoms with Crippen LogP contribution in [0.5, 0.6) is 0 Å². The molecule has 82 valence electrons. The Morgan fingerprint density at radius 2 is 2.07 bits per heavy atom. The van der Waals surface area contributed by atoms with Crippen LogP contribution in [-0.4, -0.2) is 31.1 Å². The average Bonchev–Trinajstić information content (AvgIpc) is 2.26. The third-order valence-corrected chi connectivity index (χ3v) is 3.25. The Hall–Kier alpha value is -0.450. The molecule has 0 saturated carbocycles. The molecule has 0 aliphatic carbocycles. The molecule has 0 spiro atoms. The number of nitrogens with one attached hydrogen (secondary N) is 1. The van der Waals surface area contributed by atoms with Gasteiger partial charge >= 0.3 is 0 Å². The number of nitrogens with zero attached hydrogens (tertiary/aromatic N) is 1. The molecule has 1 N–H and O–H groups in total. The predicted octanol–water partition coefficient (Wildman–Crippen LogP) is 1.99. The van der Waals surface area contributed by atoms with Crippen molar-refractivity contribution in [2.45, 2.75) is 6.54 Å².